The molecule has 0 N–H and O–H groups in total. The van der Waals surface area contributed by atoms with Crippen molar-refractivity contribution in [1.29, 1.82) is 0 Å². The Labute approximate surface area is 117 Å². The minimum atomic E-state index is -5.17. The van der Waals surface area contributed by atoms with Gasteiger partial charge in [0.1, 0.15) is 6.17 Å². The molecule has 2 unspecified atom stereocenters. The summed E-state index contributed by atoms with van der Waals surface area (Å²) in [5.41, 5.74) is 0.466. The summed E-state index contributed by atoms with van der Waals surface area (Å²) in [6.07, 6.45) is -11.8. The number of hydrogen-bond acceptors (Lipinski definition) is 2. The van der Waals surface area contributed by atoms with Gasteiger partial charge in [-0.1, -0.05) is 42.1 Å². The van der Waals surface area contributed by atoms with Gasteiger partial charge in [-0.2, -0.15) is 13.2 Å². The Kier molecular flexibility index (Phi) is 6.45. The van der Waals surface area contributed by atoms with Crippen LogP contribution in [0.4, 0.5) is 22.0 Å². The van der Waals surface area contributed by atoms with E-state index in [2.05, 4.69) is 0 Å². The van der Waals surface area contributed by atoms with Crippen LogP contribution in [0.15, 0.2) is 30.3 Å². The van der Waals surface area contributed by atoms with Gasteiger partial charge in [0.15, 0.2) is 0 Å². The fourth-order valence-electron chi connectivity index (χ4n) is 1.45. The number of benzene rings is 1. The molecule has 0 heterocycles. The van der Waals surface area contributed by atoms with Crippen molar-refractivity contribution in [2.45, 2.75) is 31.4 Å². The van der Waals surface area contributed by atoms with Crippen LogP contribution in [0.25, 0.3) is 0 Å². The molecular weight excluding hydrogens is 299 g/mol. The third-order valence-electron chi connectivity index (χ3n) is 2.50. The number of thioether (sulfide) groups is 1. The monoisotopic (exact) mass is 312 g/mol. The molecule has 2 atom stereocenters. The summed E-state index contributed by atoms with van der Waals surface area (Å²) in [4.78, 5) is 11.6. The topological polar surface area (TPSA) is 17.1 Å². The molecule has 0 aromatic heterocycles. The third-order valence-corrected chi connectivity index (χ3v) is 3.49. The first-order valence-corrected chi connectivity index (χ1v) is 6.88. The standard InChI is InChI=1S/C13H13F5OS/c14-10(11(15)13(16,17)18)7-4-8-20-12(19)9-5-2-1-3-6-9/h1-3,5-6,10-11H,4,7-8H2. The van der Waals surface area contributed by atoms with E-state index in [1.54, 1.807) is 30.3 Å². The van der Waals surface area contributed by atoms with Gasteiger partial charge in [-0.05, 0) is 12.8 Å². The molecule has 0 bridgehead atoms. The fourth-order valence-corrected chi connectivity index (χ4v) is 2.25. The van der Waals surface area contributed by atoms with Gasteiger partial charge in [0.25, 0.3) is 0 Å². The molecular formula is C13H13F5OS. The summed E-state index contributed by atoms with van der Waals surface area (Å²) < 4.78 is 61.2. The molecule has 0 aliphatic rings. The zero-order valence-corrected chi connectivity index (χ0v) is 11.2. The summed E-state index contributed by atoms with van der Waals surface area (Å²) in [6, 6.07) is 8.32. The number of alkyl halides is 5. The van der Waals surface area contributed by atoms with E-state index in [0.717, 1.165) is 11.8 Å². The summed E-state index contributed by atoms with van der Waals surface area (Å²) in [6.45, 7) is 0. The number of rotatable bonds is 6. The van der Waals surface area contributed by atoms with E-state index in [-0.39, 0.29) is 17.3 Å². The first-order chi connectivity index (χ1) is 9.32. The largest absolute Gasteiger partial charge is 0.422 e. The molecule has 1 aromatic carbocycles. The van der Waals surface area contributed by atoms with Crippen LogP contribution < -0.4 is 0 Å². The lowest BCUT2D eigenvalue weighted by atomic mass is 10.1. The molecule has 0 saturated carbocycles. The van der Waals surface area contributed by atoms with Crippen molar-refractivity contribution in [3.63, 3.8) is 0 Å². The zero-order valence-electron chi connectivity index (χ0n) is 10.4. The van der Waals surface area contributed by atoms with E-state index in [1.165, 1.54) is 0 Å². The Bertz CT molecular complexity index is 421. The van der Waals surface area contributed by atoms with E-state index >= 15 is 0 Å². The minimum absolute atomic E-state index is 0.000900. The number of hydrogen-bond donors (Lipinski definition) is 0. The van der Waals surface area contributed by atoms with Gasteiger partial charge in [0, 0.05) is 11.3 Å². The molecule has 1 nitrogen and oxygen atoms in total. The number of carbonyl (C=O) groups excluding carboxylic acids is 1. The molecule has 0 spiro atoms. The normalized spacial score (nSPS) is 14.8. The van der Waals surface area contributed by atoms with Crippen molar-refractivity contribution >= 4 is 16.9 Å². The van der Waals surface area contributed by atoms with Gasteiger partial charge in [0.05, 0.1) is 0 Å². The maximum Gasteiger partial charge on any atom is 0.422 e. The lowest BCUT2D eigenvalue weighted by Gasteiger charge is -2.16. The highest BCUT2D eigenvalue weighted by Crippen LogP contribution is 2.29. The lowest BCUT2D eigenvalue weighted by molar-refractivity contribution is -0.196. The maximum absolute atomic E-state index is 13.0. The number of carbonyl (C=O) groups is 1. The molecule has 0 radical (unpaired) electrons. The molecule has 112 valence electrons. The second-order valence-corrected chi connectivity index (χ2v) is 5.17. The quantitative estimate of drug-likeness (QED) is 0.565. The minimum Gasteiger partial charge on any atom is -0.282 e. The van der Waals surface area contributed by atoms with Crippen molar-refractivity contribution in [2.75, 3.05) is 5.75 Å². The smallest absolute Gasteiger partial charge is 0.282 e. The Hall–Kier alpha value is -1.11. The van der Waals surface area contributed by atoms with E-state index in [9.17, 15) is 26.7 Å². The molecule has 1 rings (SSSR count). The van der Waals surface area contributed by atoms with E-state index < -0.39 is 24.9 Å². The Morgan fingerprint density at radius 2 is 1.75 bits per heavy atom. The van der Waals surface area contributed by atoms with Gasteiger partial charge >= 0.3 is 6.18 Å². The van der Waals surface area contributed by atoms with Gasteiger partial charge in [-0.3, -0.25) is 4.79 Å². The highest BCUT2D eigenvalue weighted by molar-refractivity contribution is 8.14. The van der Waals surface area contributed by atoms with Crippen molar-refractivity contribution in [3.8, 4) is 0 Å². The fraction of sp³-hybridized carbons (Fsp3) is 0.462. The molecule has 7 heteroatoms. The molecule has 0 aliphatic heterocycles. The van der Waals surface area contributed by atoms with Crippen LogP contribution in [-0.2, 0) is 0 Å². The van der Waals surface area contributed by atoms with Crippen LogP contribution in [0.3, 0.4) is 0 Å². The average Bonchev–Trinajstić information content (AvgIpc) is 2.42. The van der Waals surface area contributed by atoms with Gasteiger partial charge in [0.2, 0.25) is 11.3 Å². The van der Waals surface area contributed by atoms with Crippen molar-refractivity contribution in [3.05, 3.63) is 35.9 Å². The first kappa shape index (κ1) is 16.9. The second-order valence-electron chi connectivity index (χ2n) is 4.10. The molecule has 0 saturated heterocycles. The summed E-state index contributed by atoms with van der Waals surface area (Å²) in [7, 11) is 0. The van der Waals surface area contributed by atoms with Crippen molar-refractivity contribution in [1.82, 2.24) is 0 Å². The van der Waals surface area contributed by atoms with E-state index in [1.807, 2.05) is 0 Å². The van der Waals surface area contributed by atoms with Crippen LogP contribution in [-0.4, -0.2) is 29.4 Å². The highest BCUT2D eigenvalue weighted by atomic mass is 32.2. The van der Waals surface area contributed by atoms with Crippen LogP contribution in [0.5, 0.6) is 0 Å². The van der Waals surface area contributed by atoms with Crippen LogP contribution in [0.2, 0.25) is 0 Å². The van der Waals surface area contributed by atoms with Gasteiger partial charge < -0.3 is 0 Å². The van der Waals surface area contributed by atoms with E-state index in [0.29, 0.717) is 5.56 Å². The zero-order chi connectivity index (χ0) is 15.2. The Morgan fingerprint density at radius 3 is 2.30 bits per heavy atom. The second kappa shape index (κ2) is 7.61. The lowest BCUT2D eigenvalue weighted by Crippen LogP contribution is -2.33. The van der Waals surface area contributed by atoms with Gasteiger partial charge in [-0.25, -0.2) is 8.78 Å². The average molecular weight is 312 g/mol. The Balaban J connectivity index is 2.27. The van der Waals surface area contributed by atoms with Gasteiger partial charge in [-0.15, -0.1) is 0 Å². The SMILES string of the molecule is O=C(SCCCC(F)C(F)C(F)(F)F)c1ccccc1. The number of halogens is 5. The molecule has 1 aromatic rings. The highest BCUT2D eigenvalue weighted by Gasteiger charge is 2.45. The summed E-state index contributed by atoms with van der Waals surface area (Å²) in [5, 5.41) is -0.242. The van der Waals surface area contributed by atoms with Crippen molar-refractivity contribution < 1.29 is 26.7 Å². The molecule has 0 fully saturated rings. The third kappa shape index (κ3) is 5.48. The summed E-state index contributed by atoms with van der Waals surface area (Å²) in [5.74, 6) is 0.152. The molecule has 0 amide bonds. The Morgan fingerprint density at radius 1 is 1.15 bits per heavy atom. The predicted octanol–water partition coefficient (Wildman–Crippen LogP) is 4.58. The van der Waals surface area contributed by atoms with Crippen LogP contribution in [0, 0.1) is 0 Å². The maximum atomic E-state index is 13.0. The molecule has 20 heavy (non-hydrogen) atoms. The van der Waals surface area contributed by atoms with Crippen LogP contribution >= 0.6 is 11.8 Å². The molecule has 0 aliphatic carbocycles. The predicted molar refractivity (Wildman–Crippen MR) is 68.3 cm³/mol. The summed E-state index contributed by atoms with van der Waals surface area (Å²) >= 11 is 0.881. The van der Waals surface area contributed by atoms with E-state index in [4.69, 9.17) is 0 Å². The van der Waals surface area contributed by atoms with Crippen molar-refractivity contribution in [2.24, 2.45) is 0 Å². The first-order valence-electron chi connectivity index (χ1n) is 5.89. The van der Waals surface area contributed by atoms with Crippen LogP contribution in [0.1, 0.15) is 23.2 Å².